The quantitative estimate of drug-likeness (QED) is 0.506. The molecule has 0 radical (unpaired) electrons. The molecule has 0 saturated carbocycles. The molecule has 0 atom stereocenters. The minimum absolute atomic E-state index is 0.0449. The Kier molecular flexibility index (Phi) is 2.90. The zero-order valence-corrected chi connectivity index (χ0v) is 7.73. The normalized spacial score (nSPS) is 11.0. The van der Waals surface area contributed by atoms with Crippen LogP contribution in [0.5, 0.6) is 0 Å². The summed E-state index contributed by atoms with van der Waals surface area (Å²) in [5.41, 5.74) is -0.332. The SMILES string of the molecule is C=C(C(=O)OP(=O)([O-])[O-])c1ccco1. The van der Waals surface area contributed by atoms with E-state index in [1.165, 1.54) is 18.4 Å². The highest BCUT2D eigenvalue weighted by Gasteiger charge is 2.14. The topological polar surface area (TPSA) is 103 Å². The average molecular weight is 216 g/mol. The molecule has 0 spiro atoms. The van der Waals surface area contributed by atoms with Crippen molar-refractivity contribution < 1.29 is 28.1 Å². The molecule has 0 unspecified atom stereocenters. The summed E-state index contributed by atoms with van der Waals surface area (Å²) < 4.78 is 18.4. The zero-order valence-electron chi connectivity index (χ0n) is 6.84. The van der Waals surface area contributed by atoms with E-state index >= 15 is 0 Å². The van der Waals surface area contributed by atoms with E-state index < -0.39 is 13.8 Å². The summed E-state index contributed by atoms with van der Waals surface area (Å²) in [4.78, 5) is 31.0. The van der Waals surface area contributed by atoms with E-state index in [1.54, 1.807) is 0 Å². The molecule has 1 aromatic rings. The molecular formula is C7H5O6P-2. The summed E-state index contributed by atoms with van der Waals surface area (Å²) in [6.45, 7) is 3.21. The van der Waals surface area contributed by atoms with Crippen molar-refractivity contribution in [3.05, 3.63) is 30.7 Å². The molecule has 1 aromatic heterocycles. The first-order valence-corrected chi connectivity index (χ1v) is 4.85. The van der Waals surface area contributed by atoms with E-state index in [1.807, 2.05) is 0 Å². The summed E-state index contributed by atoms with van der Waals surface area (Å²) in [6, 6.07) is 2.85. The van der Waals surface area contributed by atoms with Gasteiger partial charge in [-0.25, -0.2) is 4.79 Å². The molecule has 0 aliphatic rings. The second-order valence-electron chi connectivity index (χ2n) is 2.28. The summed E-state index contributed by atoms with van der Waals surface area (Å²) in [7, 11) is -5.33. The summed E-state index contributed by atoms with van der Waals surface area (Å²) in [5.74, 6) is -1.29. The van der Waals surface area contributed by atoms with E-state index in [0.717, 1.165) is 0 Å². The van der Waals surface area contributed by atoms with Gasteiger partial charge < -0.3 is 23.3 Å². The monoisotopic (exact) mass is 216 g/mol. The Bertz CT molecular complexity index is 386. The maximum atomic E-state index is 10.9. The highest BCUT2D eigenvalue weighted by molar-refractivity contribution is 7.43. The molecule has 76 valence electrons. The number of carbonyl (C=O) groups excluding carboxylic acids is 1. The van der Waals surface area contributed by atoms with Crippen LogP contribution in [0.15, 0.2) is 29.4 Å². The second kappa shape index (κ2) is 3.79. The number of hydrogen-bond donors (Lipinski definition) is 0. The minimum Gasteiger partial charge on any atom is -0.780 e. The van der Waals surface area contributed by atoms with Gasteiger partial charge in [-0.15, -0.1) is 0 Å². The van der Waals surface area contributed by atoms with Gasteiger partial charge >= 0.3 is 5.97 Å². The van der Waals surface area contributed by atoms with E-state index in [9.17, 15) is 19.1 Å². The second-order valence-corrected chi connectivity index (χ2v) is 3.36. The zero-order chi connectivity index (χ0) is 10.8. The molecule has 0 amide bonds. The predicted octanol–water partition coefficient (Wildman–Crippen LogP) is -0.335. The molecule has 0 fully saturated rings. The molecular weight excluding hydrogens is 211 g/mol. The van der Waals surface area contributed by atoms with Crippen molar-refractivity contribution in [1.82, 2.24) is 0 Å². The Balaban J connectivity index is 2.73. The van der Waals surface area contributed by atoms with Crippen molar-refractivity contribution in [3.63, 3.8) is 0 Å². The lowest BCUT2D eigenvalue weighted by atomic mass is 10.2. The molecule has 0 aliphatic carbocycles. The number of phosphoric acid groups is 1. The van der Waals surface area contributed by atoms with Crippen LogP contribution in [0.3, 0.4) is 0 Å². The lowest BCUT2D eigenvalue weighted by Gasteiger charge is -2.27. The summed E-state index contributed by atoms with van der Waals surface area (Å²) in [6.07, 6.45) is 1.27. The van der Waals surface area contributed by atoms with Crippen LogP contribution in [0.1, 0.15) is 5.76 Å². The van der Waals surface area contributed by atoms with Crippen LogP contribution >= 0.6 is 7.82 Å². The summed E-state index contributed by atoms with van der Waals surface area (Å²) >= 11 is 0. The van der Waals surface area contributed by atoms with Crippen LogP contribution in [0.4, 0.5) is 0 Å². The Morgan fingerprint density at radius 2 is 2.21 bits per heavy atom. The van der Waals surface area contributed by atoms with Gasteiger partial charge in [0.1, 0.15) is 13.6 Å². The van der Waals surface area contributed by atoms with Gasteiger partial charge in [-0.2, -0.15) is 0 Å². The van der Waals surface area contributed by atoms with Crippen LogP contribution in [-0.2, 0) is 13.9 Å². The number of carbonyl (C=O) groups is 1. The number of phosphoric ester groups is 1. The summed E-state index contributed by atoms with van der Waals surface area (Å²) in [5, 5.41) is 0. The number of hydrogen-bond acceptors (Lipinski definition) is 6. The van der Waals surface area contributed by atoms with Gasteiger partial charge in [0.15, 0.2) is 0 Å². The molecule has 7 heteroatoms. The fourth-order valence-electron chi connectivity index (χ4n) is 0.708. The maximum absolute atomic E-state index is 10.9. The van der Waals surface area contributed by atoms with Crippen LogP contribution in [0.2, 0.25) is 0 Å². The molecule has 0 bridgehead atoms. The molecule has 0 aromatic carbocycles. The third-order valence-electron chi connectivity index (χ3n) is 1.26. The van der Waals surface area contributed by atoms with Crippen molar-refractivity contribution in [2.45, 2.75) is 0 Å². The first-order valence-electron chi connectivity index (χ1n) is 3.39. The average Bonchev–Trinajstić information content (AvgIpc) is 2.51. The standard InChI is InChI=1S/C7H7O6P/c1-5(6-3-2-4-12-6)7(8)13-14(9,10)11/h2-4H,1H2,(H2,9,10,11)/p-2. The van der Waals surface area contributed by atoms with Gasteiger partial charge in [0.2, 0.25) is 0 Å². The first-order chi connectivity index (χ1) is 6.40. The fourth-order valence-corrected chi connectivity index (χ4v) is 1.02. The molecule has 0 aliphatic heterocycles. The van der Waals surface area contributed by atoms with Crippen LogP contribution in [0, 0.1) is 0 Å². The lowest BCUT2D eigenvalue weighted by Crippen LogP contribution is -2.20. The van der Waals surface area contributed by atoms with Gasteiger partial charge in [0, 0.05) is 0 Å². The lowest BCUT2D eigenvalue weighted by molar-refractivity contribution is -0.337. The van der Waals surface area contributed by atoms with Crippen LogP contribution in [0.25, 0.3) is 5.57 Å². The van der Waals surface area contributed by atoms with Crippen LogP contribution < -0.4 is 9.79 Å². The van der Waals surface area contributed by atoms with Crippen molar-refractivity contribution >= 4 is 19.4 Å². The van der Waals surface area contributed by atoms with Gasteiger partial charge in [-0.1, -0.05) is 6.58 Å². The van der Waals surface area contributed by atoms with E-state index in [-0.39, 0.29) is 11.3 Å². The number of rotatable bonds is 3. The molecule has 1 heterocycles. The molecule has 14 heavy (non-hydrogen) atoms. The van der Waals surface area contributed by atoms with E-state index in [0.29, 0.717) is 0 Å². The van der Waals surface area contributed by atoms with Crippen molar-refractivity contribution in [2.75, 3.05) is 0 Å². The Hall–Kier alpha value is -1.36. The number of furan rings is 1. The smallest absolute Gasteiger partial charge is 0.344 e. The third-order valence-corrected chi connectivity index (χ3v) is 1.65. The molecule has 0 saturated heterocycles. The maximum Gasteiger partial charge on any atom is 0.344 e. The largest absolute Gasteiger partial charge is 0.780 e. The Morgan fingerprint density at radius 3 is 2.64 bits per heavy atom. The highest BCUT2D eigenvalue weighted by atomic mass is 31.2. The predicted molar refractivity (Wildman–Crippen MR) is 41.4 cm³/mol. The van der Waals surface area contributed by atoms with Crippen molar-refractivity contribution in [3.8, 4) is 0 Å². The molecule has 6 nitrogen and oxygen atoms in total. The van der Waals surface area contributed by atoms with Gasteiger partial charge in [-0.05, 0) is 12.1 Å². The van der Waals surface area contributed by atoms with Gasteiger partial charge in [0.25, 0.3) is 0 Å². The van der Waals surface area contributed by atoms with Gasteiger partial charge in [-0.3, -0.25) is 0 Å². The minimum atomic E-state index is -5.33. The fraction of sp³-hybridized carbons (Fsp3) is 0. The van der Waals surface area contributed by atoms with E-state index in [2.05, 4.69) is 11.1 Å². The Labute approximate surface area is 79.0 Å². The Morgan fingerprint density at radius 1 is 1.57 bits per heavy atom. The van der Waals surface area contributed by atoms with Crippen molar-refractivity contribution in [1.29, 1.82) is 0 Å². The molecule has 0 N–H and O–H groups in total. The van der Waals surface area contributed by atoms with Crippen molar-refractivity contribution in [2.24, 2.45) is 0 Å². The van der Waals surface area contributed by atoms with E-state index in [4.69, 9.17) is 4.42 Å². The third kappa shape index (κ3) is 2.85. The first kappa shape index (κ1) is 10.7. The molecule has 1 rings (SSSR count). The van der Waals surface area contributed by atoms with Crippen LogP contribution in [-0.4, -0.2) is 5.97 Å². The highest BCUT2D eigenvalue weighted by Crippen LogP contribution is 2.28. The van der Waals surface area contributed by atoms with Gasteiger partial charge in [0.05, 0.1) is 11.8 Å².